The molecule has 2 saturated heterocycles. The van der Waals surface area contributed by atoms with Crippen LogP contribution in [0.3, 0.4) is 0 Å². The number of carboxylic acids is 1. The van der Waals surface area contributed by atoms with Gasteiger partial charge in [0.1, 0.15) is 23.5 Å². The van der Waals surface area contributed by atoms with E-state index >= 15 is 0 Å². The molecule has 15 nitrogen and oxygen atoms in total. The summed E-state index contributed by atoms with van der Waals surface area (Å²) >= 11 is 0. The molecule has 15 heteroatoms. The second-order valence-corrected chi connectivity index (χ2v) is 12.3. The smallest absolute Gasteiger partial charge is 0.409 e. The van der Waals surface area contributed by atoms with Gasteiger partial charge >= 0.3 is 12.1 Å². The third kappa shape index (κ3) is 8.49. The lowest BCUT2D eigenvalue weighted by atomic mass is 10.1. The van der Waals surface area contributed by atoms with Crippen LogP contribution in [0.5, 0.6) is 5.75 Å². The van der Waals surface area contributed by atoms with Gasteiger partial charge in [0.2, 0.25) is 11.8 Å². The number of hydrogen-bond donors (Lipinski definition) is 3. The van der Waals surface area contributed by atoms with Gasteiger partial charge in [0.25, 0.3) is 11.8 Å². The summed E-state index contributed by atoms with van der Waals surface area (Å²) in [5, 5.41) is 15.5. The first-order valence-corrected chi connectivity index (χ1v) is 16.4. The molecule has 48 heavy (non-hydrogen) atoms. The van der Waals surface area contributed by atoms with Crippen LogP contribution in [-0.2, 0) is 23.9 Å². The number of carboxylic acid groups (broad SMARTS) is 1. The molecule has 0 unspecified atom stereocenters. The number of aromatic nitrogens is 1. The Balaban J connectivity index is 1.30. The number of benzene rings is 1. The first kappa shape index (κ1) is 34.4. The molecular weight excluding hydrogens is 624 g/mol. The van der Waals surface area contributed by atoms with Crippen molar-refractivity contribution in [1.29, 1.82) is 0 Å². The molecule has 1 aromatic heterocycles. The lowest BCUT2D eigenvalue weighted by Crippen LogP contribution is -2.56. The zero-order valence-corrected chi connectivity index (χ0v) is 27.2. The van der Waals surface area contributed by atoms with E-state index in [9.17, 15) is 33.9 Å². The van der Waals surface area contributed by atoms with Crippen molar-refractivity contribution in [3.8, 4) is 5.75 Å². The Kier molecular flexibility index (Phi) is 11.0. The predicted octanol–water partition coefficient (Wildman–Crippen LogP) is 1.46. The van der Waals surface area contributed by atoms with E-state index < -0.39 is 36.0 Å². The second kappa shape index (κ2) is 15.3. The van der Waals surface area contributed by atoms with Crippen LogP contribution < -0.4 is 15.4 Å². The van der Waals surface area contributed by atoms with Crippen molar-refractivity contribution in [2.45, 2.75) is 70.5 Å². The highest BCUT2D eigenvalue weighted by atomic mass is 16.6. The number of fused-ring (bicyclic) bond motifs is 1. The van der Waals surface area contributed by atoms with Gasteiger partial charge in [-0.25, -0.2) is 9.78 Å². The van der Waals surface area contributed by atoms with Crippen molar-refractivity contribution in [1.82, 2.24) is 30.3 Å². The zero-order chi connectivity index (χ0) is 34.4. The number of carbonyl (C=O) groups excluding carboxylic acids is 5. The van der Waals surface area contributed by atoms with E-state index in [0.29, 0.717) is 30.3 Å². The normalized spacial score (nSPS) is 18.3. The van der Waals surface area contributed by atoms with Gasteiger partial charge in [-0.1, -0.05) is 6.07 Å². The topological polar surface area (TPSA) is 188 Å². The van der Waals surface area contributed by atoms with E-state index in [0.717, 1.165) is 18.4 Å². The number of pyridine rings is 1. The van der Waals surface area contributed by atoms with Crippen molar-refractivity contribution in [3.63, 3.8) is 0 Å². The molecule has 2 atom stereocenters. The number of piperazine rings is 1. The molecule has 2 aromatic rings. The van der Waals surface area contributed by atoms with Crippen LogP contribution >= 0.6 is 0 Å². The molecule has 1 saturated carbocycles. The van der Waals surface area contributed by atoms with Crippen LogP contribution in [0, 0.1) is 6.92 Å². The molecule has 0 bridgehead atoms. The summed E-state index contributed by atoms with van der Waals surface area (Å²) < 4.78 is 11.0. The number of amides is 5. The van der Waals surface area contributed by atoms with Gasteiger partial charge in [-0.3, -0.25) is 24.0 Å². The van der Waals surface area contributed by atoms with Crippen molar-refractivity contribution in [2.75, 3.05) is 45.9 Å². The maximum absolute atomic E-state index is 13.6. The van der Waals surface area contributed by atoms with Crippen molar-refractivity contribution in [2.24, 2.45) is 0 Å². The Morgan fingerprint density at radius 3 is 2.42 bits per heavy atom. The molecule has 3 fully saturated rings. The Bertz CT molecular complexity index is 1570. The maximum Gasteiger partial charge on any atom is 0.409 e. The van der Waals surface area contributed by atoms with Crippen molar-refractivity contribution < 1.29 is 43.3 Å². The van der Waals surface area contributed by atoms with Crippen LogP contribution in [0.1, 0.15) is 61.5 Å². The van der Waals surface area contributed by atoms with Gasteiger partial charge in [0.05, 0.1) is 12.1 Å². The Morgan fingerprint density at radius 1 is 1.00 bits per heavy atom. The minimum absolute atomic E-state index is 0.0846. The number of aliphatic carboxylic acids is 1. The SMILES string of the molecule is CCOC(=O)N1CCN(C(=O)[C@H](CCC(=O)O)NC(=O)c2cc(OCC(=O)N3CCC[C@@H]3C(=O)NC3CC3)c3ccc(C)cc3n2)CC1. The summed E-state index contributed by atoms with van der Waals surface area (Å²) in [6.07, 6.45) is 2.18. The number of ether oxygens (including phenoxy) is 2. The number of hydrogen-bond acceptors (Lipinski definition) is 9. The standard InChI is InChI=1S/C33H42N6O9/c1-3-47-33(46)38-15-13-37(14-16-38)32(45)23(10-11-29(41)42)36-30(43)25-18-27(22-9-6-20(2)17-24(22)35-25)48-19-28(40)39-12-4-5-26(39)31(44)34-21-7-8-21/h6,9,17-18,21,23,26H,3-5,7-8,10-16,19H2,1-2H3,(H,34,44)(H,36,43)(H,41,42)/t23-,26+/m0/s1. The summed E-state index contributed by atoms with van der Waals surface area (Å²) in [7, 11) is 0. The highest BCUT2D eigenvalue weighted by Crippen LogP contribution is 2.28. The average Bonchev–Trinajstić information content (AvgIpc) is 3.74. The molecule has 0 spiro atoms. The Labute approximate surface area is 277 Å². The molecule has 5 amide bonds. The lowest BCUT2D eigenvalue weighted by molar-refractivity contribution is -0.140. The van der Waals surface area contributed by atoms with Gasteiger partial charge in [-0.05, 0) is 63.6 Å². The summed E-state index contributed by atoms with van der Waals surface area (Å²) in [6.45, 7) is 4.72. The molecule has 3 N–H and O–H groups in total. The molecule has 2 aliphatic heterocycles. The summed E-state index contributed by atoms with van der Waals surface area (Å²) in [5.41, 5.74) is 1.21. The van der Waals surface area contributed by atoms with E-state index in [1.807, 2.05) is 13.0 Å². The number of rotatable bonds is 12. The largest absolute Gasteiger partial charge is 0.483 e. The van der Waals surface area contributed by atoms with Crippen LogP contribution in [0.4, 0.5) is 4.79 Å². The van der Waals surface area contributed by atoms with Crippen molar-refractivity contribution >= 4 is 46.6 Å². The van der Waals surface area contributed by atoms with Gasteiger partial charge in [-0.15, -0.1) is 0 Å². The first-order chi connectivity index (χ1) is 23.0. The van der Waals surface area contributed by atoms with E-state index in [1.54, 1.807) is 19.1 Å². The fourth-order valence-electron chi connectivity index (χ4n) is 5.93. The minimum Gasteiger partial charge on any atom is -0.483 e. The summed E-state index contributed by atoms with van der Waals surface area (Å²) in [5.74, 6) is -2.61. The maximum atomic E-state index is 13.6. The molecular formula is C33H42N6O9. The summed E-state index contributed by atoms with van der Waals surface area (Å²) in [6, 6.07) is 5.23. The first-order valence-electron chi connectivity index (χ1n) is 16.4. The average molecular weight is 667 g/mol. The number of nitrogens with one attached hydrogen (secondary N) is 2. The number of carbonyl (C=O) groups is 6. The monoisotopic (exact) mass is 666 g/mol. The quantitative estimate of drug-likeness (QED) is 0.299. The fourth-order valence-corrected chi connectivity index (χ4v) is 5.93. The Morgan fingerprint density at radius 2 is 1.73 bits per heavy atom. The minimum atomic E-state index is -1.17. The molecule has 0 radical (unpaired) electrons. The third-order valence-corrected chi connectivity index (χ3v) is 8.68. The molecule has 3 heterocycles. The van der Waals surface area contributed by atoms with Gasteiger partial charge < -0.3 is 39.9 Å². The molecule has 3 aliphatic rings. The van der Waals surface area contributed by atoms with Crippen LogP contribution in [0.15, 0.2) is 24.3 Å². The zero-order valence-electron chi connectivity index (χ0n) is 27.2. The predicted molar refractivity (Wildman–Crippen MR) is 171 cm³/mol. The highest BCUT2D eigenvalue weighted by molar-refractivity contribution is 5.99. The number of nitrogens with zero attached hydrogens (tertiary/aromatic N) is 4. The van der Waals surface area contributed by atoms with Gasteiger partial charge in [-0.2, -0.15) is 0 Å². The molecule has 5 rings (SSSR count). The van der Waals surface area contributed by atoms with E-state index in [1.165, 1.54) is 20.8 Å². The fraction of sp³-hybridized carbons (Fsp3) is 0.545. The molecule has 1 aliphatic carbocycles. The highest BCUT2D eigenvalue weighted by Gasteiger charge is 2.37. The van der Waals surface area contributed by atoms with Crippen LogP contribution in [0.25, 0.3) is 10.9 Å². The lowest BCUT2D eigenvalue weighted by Gasteiger charge is -2.35. The third-order valence-electron chi connectivity index (χ3n) is 8.68. The van der Waals surface area contributed by atoms with Crippen LogP contribution in [0.2, 0.25) is 0 Å². The summed E-state index contributed by atoms with van der Waals surface area (Å²) in [4.78, 5) is 85.6. The van der Waals surface area contributed by atoms with E-state index in [-0.39, 0.29) is 81.5 Å². The van der Waals surface area contributed by atoms with E-state index in [4.69, 9.17) is 9.47 Å². The van der Waals surface area contributed by atoms with Crippen molar-refractivity contribution in [3.05, 3.63) is 35.5 Å². The van der Waals surface area contributed by atoms with E-state index in [2.05, 4.69) is 15.6 Å². The van der Waals surface area contributed by atoms with Crippen LogP contribution in [-0.4, -0.2) is 125 Å². The van der Waals surface area contributed by atoms with Gasteiger partial charge in [0.15, 0.2) is 6.61 Å². The number of likely N-dealkylation sites (tertiary alicyclic amines) is 1. The molecule has 258 valence electrons. The Hall–Kier alpha value is -4.95. The van der Waals surface area contributed by atoms with Gasteiger partial charge in [0, 0.05) is 56.6 Å². The molecule has 1 aromatic carbocycles. The number of aryl methyl sites for hydroxylation is 1. The second-order valence-electron chi connectivity index (χ2n) is 12.3.